The number of hydrogen-bond acceptors (Lipinski definition) is 8. The Balaban J connectivity index is 2.01. The zero-order valence-electron chi connectivity index (χ0n) is 11.3. The molecule has 0 bridgehead atoms. The Hall–Kier alpha value is -2.27. The van der Waals surface area contributed by atoms with Gasteiger partial charge in [-0.2, -0.15) is 0 Å². The lowest BCUT2D eigenvalue weighted by Crippen LogP contribution is -2.33. The second-order valence-corrected chi connectivity index (χ2v) is 4.93. The van der Waals surface area contributed by atoms with Gasteiger partial charge in [0.2, 0.25) is 5.95 Å². The number of nitrogens with two attached hydrogens (primary N) is 1. The number of imidazole rings is 1. The van der Waals surface area contributed by atoms with Crippen LogP contribution in [0.25, 0.3) is 11.4 Å². The van der Waals surface area contributed by atoms with Crippen LogP contribution >= 0.6 is 0 Å². The minimum Gasteiger partial charge on any atom is -0.394 e. The van der Waals surface area contributed by atoms with Gasteiger partial charge in [0.1, 0.15) is 18.3 Å². The fourth-order valence-electron chi connectivity index (χ4n) is 2.42. The average Bonchev–Trinajstić information content (AvgIpc) is 3.04. The molecule has 118 valence electrons. The average molecular weight is 309 g/mol. The van der Waals surface area contributed by atoms with Gasteiger partial charge in [-0.05, 0) is 0 Å². The monoisotopic (exact) mass is 309 g/mol. The van der Waals surface area contributed by atoms with Gasteiger partial charge in [0.05, 0.1) is 30.5 Å². The molecule has 6 N–H and O–H groups in total. The lowest BCUT2D eigenvalue weighted by Gasteiger charge is -2.18. The van der Waals surface area contributed by atoms with Crippen LogP contribution in [0.1, 0.15) is 6.23 Å². The molecule has 10 heteroatoms. The van der Waals surface area contributed by atoms with Gasteiger partial charge in [0, 0.05) is 6.07 Å². The molecule has 1 aliphatic heterocycles. The van der Waals surface area contributed by atoms with Gasteiger partial charge in [-0.15, -0.1) is 0 Å². The molecule has 0 spiro atoms. The van der Waals surface area contributed by atoms with Gasteiger partial charge in [0.15, 0.2) is 6.23 Å². The number of aromatic nitrogens is 4. The first-order valence-electron chi connectivity index (χ1n) is 6.52. The standard InChI is InChI=1S/C12H15N5O5/c13-12-15-5(1-8(19)16-12)6-2-14-4-17(6)11-10(21)9(20)7(3-18)22-11/h1-2,4,7,9-11,18,20-21H,3H2,(H3,13,15,16,19)/t7-,9-,10-,11?/m1/s1. The summed E-state index contributed by atoms with van der Waals surface area (Å²) >= 11 is 0. The number of aromatic amines is 1. The number of rotatable bonds is 3. The summed E-state index contributed by atoms with van der Waals surface area (Å²) in [5.74, 6) is -0.0589. The smallest absolute Gasteiger partial charge is 0.252 e. The Kier molecular flexibility index (Phi) is 3.66. The lowest BCUT2D eigenvalue weighted by atomic mass is 10.1. The normalized spacial score (nSPS) is 28.1. The molecule has 0 radical (unpaired) electrons. The maximum atomic E-state index is 11.5. The minimum absolute atomic E-state index is 0.0589. The first-order chi connectivity index (χ1) is 10.5. The van der Waals surface area contributed by atoms with Crippen LogP contribution in [0.5, 0.6) is 0 Å². The van der Waals surface area contributed by atoms with Crippen LogP contribution in [0, 0.1) is 0 Å². The highest BCUT2D eigenvalue weighted by atomic mass is 16.6. The first-order valence-corrected chi connectivity index (χ1v) is 6.52. The third-order valence-corrected chi connectivity index (χ3v) is 3.48. The molecule has 1 saturated heterocycles. The number of ether oxygens (including phenoxy) is 1. The van der Waals surface area contributed by atoms with E-state index >= 15 is 0 Å². The van der Waals surface area contributed by atoms with Crippen molar-refractivity contribution in [3.8, 4) is 11.4 Å². The molecule has 0 aliphatic carbocycles. The molecule has 2 aromatic rings. The van der Waals surface area contributed by atoms with Crippen molar-refractivity contribution < 1.29 is 20.1 Å². The third kappa shape index (κ3) is 2.37. The van der Waals surface area contributed by atoms with E-state index < -0.39 is 36.7 Å². The van der Waals surface area contributed by atoms with Crippen LogP contribution in [-0.2, 0) is 4.74 Å². The summed E-state index contributed by atoms with van der Waals surface area (Å²) in [6.07, 6.45) is -1.57. The summed E-state index contributed by atoms with van der Waals surface area (Å²) in [4.78, 5) is 21.8. The third-order valence-electron chi connectivity index (χ3n) is 3.48. The molecular weight excluding hydrogens is 294 g/mol. The van der Waals surface area contributed by atoms with Crippen LogP contribution in [0.3, 0.4) is 0 Å². The van der Waals surface area contributed by atoms with Crippen LogP contribution in [0.4, 0.5) is 5.95 Å². The van der Waals surface area contributed by atoms with Crippen molar-refractivity contribution in [2.24, 2.45) is 0 Å². The van der Waals surface area contributed by atoms with Gasteiger partial charge >= 0.3 is 0 Å². The number of hydrogen-bond donors (Lipinski definition) is 5. The van der Waals surface area contributed by atoms with Crippen molar-refractivity contribution in [3.63, 3.8) is 0 Å². The summed E-state index contributed by atoms with van der Waals surface area (Å²) in [7, 11) is 0. The molecule has 1 unspecified atom stereocenters. The fraction of sp³-hybridized carbons (Fsp3) is 0.417. The van der Waals surface area contributed by atoms with Gasteiger partial charge in [0.25, 0.3) is 5.56 Å². The molecule has 1 aliphatic rings. The SMILES string of the molecule is Nc1nc(-c2cncn2C2O[C@H](CO)[C@@H](O)[C@H]2O)cc(=O)[nH]1. The van der Waals surface area contributed by atoms with Crippen molar-refractivity contribution in [3.05, 3.63) is 28.9 Å². The quantitative estimate of drug-likeness (QED) is 0.428. The maximum Gasteiger partial charge on any atom is 0.252 e. The van der Waals surface area contributed by atoms with E-state index in [9.17, 15) is 15.0 Å². The Morgan fingerprint density at radius 2 is 2.18 bits per heavy atom. The predicted molar refractivity (Wildman–Crippen MR) is 73.5 cm³/mol. The van der Waals surface area contributed by atoms with E-state index in [2.05, 4.69) is 15.0 Å². The summed E-state index contributed by atoms with van der Waals surface area (Å²) in [5, 5.41) is 29.0. The largest absolute Gasteiger partial charge is 0.394 e. The highest BCUT2D eigenvalue weighted by Gasteiger charge is 2.43. The highest BCUT2D eigenvalue weighted by Crippen LogP contribution is 2.32. The fourth-order valence-corrected chi connectivity index (χ4v) is 2.42. The molecule has 4 atom stereocenters. The molecule has 10 nitrogen and oxygen atoms in total. The van der Waals surface area contributed by atoms with Crippen molar-refractivity contribution in [2.45, 2.75) is 24.5 Å². The maximum absolute atomic E-state index is 11.5. The van der Waals surface area contributed by atoms with Gasteiger partial charge in [-0.1, -0.05) is 0 Å². The van der Waals surface area contributed by atoms with Crippen LogP contribution in [0.2, 0.25) is 0 Å². The van der Waals surface area contributed by atoms with Gasteiger partial charge < -0.3 is 25.8 Å². The van der Waals surface area contributed by atoms with E-state index in [1.54, 1.807) is 0 Å². The van der Waals surface area contributed by atoms with Crippen molar-refractivity contribution in [1.29, 1.82) is 0 Å². The van der Waals surface area contributed by atoms with Crippen molar-refractivity contribution in [1.82, 2.24) is 19.5 Å². The summed E-state index contributed by atoms with van der Waals surface area (Å²) in [5.41, 5.74) is 5.71. The molecular formula is C12H15N5O5. The Morgan fingerprint density at radius 1 is 1.41 bits per heavy atom. The van der Waals surface area contributed by atoms with E-state index in [0.29, 0.717) is 5.69 Å². The molecule has 22 heavy (non-hydrogen) atoms. The number of nitrogens with one attached hydrogen (secondary N) is 1. The van der Waals surface area contributed by atoms with E-state index in [1.165, 1.54) is 23.2 Å². The number of aliphatic hydroxyl groups is 3. The van der Waals surface area contributed by atoms with Gasteiger partial charge in [-0.25, -0.2) is 9.97 Å². The Bertz CT molecular complexity index is 729. The molecule has 0 amide bonds. The zero-order valence-corrected chi connectivity index (χ0v) is 11.3. The molecule has 0 saturated carbocycles. The number of nitrogen functional groups attached to an aromatic ring is 1. The topological polar surface area (TPSA) is 160 Å². The van der Waals surface area contributed by atoms with Crippen LogP contribution in [-0.4, -0.2) is 59.8 Å². The van der Waals surface area contributed by atoms with E-state index in [-0.39, 0.29) is 11.6 Å². The second kappa shape index (κ2) is 5.50. The number of H-pyrrole nitrogens is 1. The zero-order chi connectivity index (χ0) is 15.9. The lowest BCUT2D eigenvalue weighted by molar-refractivity contribution is -0.0520. The molecule has 3 heterocycles. The summed E-state index contributed by atoms with van der Waals surface area (Å²) < 4.78 is 6.85. The minimum atomic E-state index is -1.26. The van der Waals surface area contributed by atoms with Crippen LogP contribution < -0.4 is 11.3 Å². The second-order valence-electron chi connectivity index (χ2n) is 4.93. The summed E-state index contributed by atoms with van der Waals surface area (Å²) in [6, 6.07) is 1.23. The number of nitrogens with zero attached hydrogens (tertiary/aromatic N) is 3. The number of aliphatic hydroxyl groups excluding tert-OH is 3. The molecule has 1 fully saturated rings. The predicted octanol–water partition coefficient (Wildman–Crippen LogP) is -2.17. The summed E-state index contributed by atoms with van der Waals surface area (Å²) in [6.45, 7) is -0.436. The first kappa shape index (κ1) is 14.7. The van der Waals surface area contributed by atoms with E-state index in [1.807, 2.05) is 0 Å². The Labute approximate surface area is 123 Å². The molecule has 0 aromatic carbocycles. The van der Waals surface area contributed by atoms with Crippen LogP contribution in [0.15, 0.2) is 23.4 Å². The Morgan fingerprint density at radius 3 is 2.82 bits per heavy atom. The molecule has 3 rings (SSSR count). The van der Waals surface area contributed by atoms with Gasteiger partial charge in [-0.3, -0.25) is 14.3 Å². The van der Waals surface area contributed by atoms with Crippen molar-refractivity contribution in [2.75, 3.05) is 12.3 Å². The highest BCUT2D eigenvalue weighted by molar-refractivity contribution is 5.54. The molecule has 2 aromatic heterocycles. The van der Waals surface area contributed by atoms with E-state index in [4.69, 9.17) is 15.6 Å². The number of anilines is 1. The van der Waals surface area contributed by atoms with E-state index in [0.717, 1.165) is 0 Å². The van der Waals surface area contributed by atoms with Crippen molar-refractivity contribution >= 4 is 5.95 Å².